The van der Waals surface area contributed by atoms with E-state index in [4.69, 9.17) is 4.74 Å². The summed E-state index contributed by atoms with van der Waals surface area (Å²) in [5, 5.41) is 0. The van der Waals surface area contributed by atoms with Crippen LogP contribution in [0.3, 0.4) is 0 Å². The average molecular weight is 335 g/mol. The molecule has 0 spiro atoms. The van der Waals surface area contributed by atoms with Crippen LogP contribution in [0.1, 0.15) is 54.1 Å². The molecule has 2 aromatic rings. The second-order valence-electron chi connectivity index (χ2n) is 7.13. The standard InChI is InChI=1S/C22H25NO2/c1-25-19-14-12-16(13-15-19)20-21(22(24)17-8-4-2-5-9-17)23(20)18-10-6-3-7-11-18/h2,4-5,8-9,12-15,18,20-21H,3,6-7,10-11H2,1H3. The lowest BCUT2D eigenvalue weighted by Crippen LogP contribution is -2.26. The van der Waals surface area contributed by atoms with Crippen LogP contribution in [0.15, 0.2) is 54.6 Å². The highest BCUT2D eigenvalue weighted by Gasteiger charge is 2.55. The molecule has 3 nitrogen and oxygen atoms in total. The first-order valence-corrected chi connectivity index (χ1v) is 9.30. The molecule has 1 aliphatic heterocycles. The maximum Gasteiger partial charge on any atom is 0.181 e. The van der Waals surface area contributed by atoms with Crippen LogP contribution >= 0.6 is 0 Å². The molecule has 3 heteroatoms. The second kappa shape index (κ2) is 7.01. The van der Waals surface area contributed by atoms with Gasteiger partial charge in [-0.15, -0.1) is 0 Å². The maximum atomic E-state index is 13.1. The van der Waals surface area contributed by atoms with Gasteiger partial charge in [-0.3, -0.25) is 9.69 Å². The predicted molar refractivity (Wildman–Crippen MR) is 99.0 cm³/mol. The Hall–Kier alpha value is -2.13. The number of methoxy groups -OCH3 is 1. The molecule has 0 aromatic heterocycles. The fourth-order valence-electron chi connectivity index (χ4n) is 4.29. The summed E-state index contributed by atoms with van der Waals surface area (Å²) >= 11 is 0. The SMILES string of the molecule is COc1ccc(C2C(C(=O)c3ccccc3)N2C2CCCCC2)cc1. The lowest BCUT2D eigenvalue weighted by molar-refractivity contribution is 0.0963. The van der Waals surface area contributed by atoms with Crippen LogP contribution < -0.4 is 4.74 Å². The number of Topliss-reactive ketones (excluding diaryl/α,β-unsaturated/α-hetero) is 1. The smallest absolute Gasteiger partial charge is 0.181 e. The largest absolute Gasteiger partial charge is 0.497 e. The molecule has 1 saturated heterocycles. The molecule has 0 radical (unpaired) electrons. The molecule has 2 aromatic carbocycles. The van der Waals surface area contributed by atoms with Gasteiger partial charge in [-0.1, -0.05) is 61.7 Å². The van der Waals surface area contributed by atoms with Crippen molar-refractivity contribution in [2.45, 2.75) is 50.2 Å². The third-order valence-corrected chi connectivity index (χ3v) is 5.63. The lowest BCUT2D eigenvalue weighted by Gasteiger charge is -2.24. The van der Waals surface area contributed by atoms with Gasteiger partial charge in [0, 0.05) is 11.6 Å². The molecular weight excluding hydrogens is 310 g/mol. The highest BCUT2D eigenvalue weighted by Crippen LogP contribution is 2.49. The number of benzene rings is 2. The Morgan fingerprint density at radius 2 is 1.64 bits per heavy atom. The van der Waals surface area contributed by atoms with Crippen LogP contribution in [0, 0.1) is 0 Å². The van der Waals surface area contributed by atoms with E-state index in [2.05, 4.69) is 17.0 Å². The quantitative estimate of drug-likeness (QED) is 0.589. The van der Waals surface area contributed by atoms with Gasteiger partial charge in [0.05, 0.1) is 19.2 Å². The Morgan fingerprint density at radius 1 is 0.960 bits per heavy atom. The van der Waals surface area contributed by atoms with E-state index < -0.39 is 0 Å². The van der Waals surface area contributed by atoms with Gasteiger partial charge in [0.1, 0.15) is 5.75 Å². The molecule has 1 heterocycles. The summed E-state index contributed by atoms with van der Waals surface area (Å²) in [7, 11) is 1.68. The Bertz CT molecular complexity index is 719. The summed E-state index contributed by atoms with van der Waals surface area (Å²) in [6.07, 6.45) is 6.32. The van der Waals surface area contributed by atoms with Crippen LogP contribution in [0.5, 0.6) is 5.75 Å². The summed E-state index contributed by atoms with van der Waals surface area (Å²) in [5.41, 5.74) is 2.05. The molecular formula is C22H25NO2. The highest BCUT2D eigenvalue weighted by atomic mass is 16.5. The van der Waals surface area contributed by atoms with Gasteiger partial charge in [0.2, 0.25) is 0 Å². The van der Waals surface area contributed by atoms with E-state index in [-0.39, 0.29) is 17.9 Å². The topological polar surface area (TPSA) is 29.3 Å². The number of nitrogens with zero attached hydrogens (tertiary/aromatic N) is 1. The molecule has 1 aliphatic carbocycles. The van der Waals surface area contributed by atoms with Gasteiger partial charge in [0.25, 0.3) is 0 Å². The van der Waals surface area contributed by atoms with Crippen molar-refractivity contribution < 1.29 is 9.53 Å². The number of carbonyl (C=O) groups is 1. The van der Waals surface area contributed by atoms with Crippen LogP contribution in [0.25, 0.3) is 0 Å². The van der Waals surface area contributed by atoms with Crippen LogP contribution in [0.4, 0.5) is 0 Å². The van der Waals surface area contributed by atoms with Gasteiger partial charge in [0.15, 0.2) is 5.78 Å². The molecule has 4 rings (SSSR count). The molecule has 1 saturated carbocycles. The lowest BCUT2D eigenvalue weighted by atomic mass is 9.95. The summed E-state index contributed by atoms with van der Waals surface area (Å²) in [4.78, 5) is 15.6. The van der Waals surface area contributed by atoms with E-state index in [1.807, 2.05) is 42.5 Å². The molecule has 25 heavy (non-hydrogen) atoms. The molecule has 0 amide bonds. The average Bonchev–Trinajstić information content (AvgIpc) is 3.44. The molecule has 3 atom stereocenters. The Balaban J connectivity index is 1.60. The third kappa shape index (κ3) is 3.21. The zero-order chi connectivity index (χ0) is 17.2. The summed E-state index contributed by atoms with van der Waals surface area (Å²) in [5.74, 6) is 1.12. The van der Waals surface area contributed by atoms with E-state index in [1.165, 1.54) is 37.7 Å². The minimum atomic E-state index is -0.0149. The van der Waals surface area contributed by atoms with Gasteiger partial charge in [-0.2, -0.15) is 0 Å². The summed E-state index contributed by atoms with van der Waals surface area (Å²) in [6.45, 7) is 0. The van der Waals surface area contributed by atoms with Crippen molar-refractivity contribution >= 4 is 5.78 Å². The van der Waals surface area contributed by atoms with Gasteiger partial charge in [-0.25, -0.2) is 0 Å². The van der Waals surface area contributed by atoms with Crippen molar-refractivity contribution in [2.24, 2.45) is 0 Å². The first-order valence-electron chi connectivity index (χ1n) is 9.30. The van der Waals surface area contributed by atoms with Gasteiger partial charge in [-0.05, 0) is 30.5 Å². The number of hydrogen-bond donors (Lipinski definition) is 0. The van der Waals surface area contributed by atoms with Crippen molar-refractivity contribution in [3.05, 3.63) is 65.7 Å². The van der Waals surface area contributed by atoms with E-state index in [1.54, 1.807) is 7.11 Å². The summed E-state index contributed by atoms with van der Waals surface area (Å²) < 4.78 is 5.28. The maximum absolute atomic E-state index is 13.1. The van der Waals surface area contributed by atoms with Crippen LogP contribution in [0.2, 0.25) is 0 Å². The third-order valence-electron chi connectivity index (χ3n) is 5.63. The molecule has 2 aliphatic rings. The Kier molecular flexibility index (Phi) is 4.58. The van der Waals surface area contributed by atoms with Crippen LogP contribution in [-0.2, 0) is 0 Å². The predicted octanol–water partition coefficient (Wildman–Crippen LogP) is 4.64. The Morgan fingerprint density at radius 3 is 2.28 bits per heavy atom. The molecule has 130 valence electrons. The van der Waals surface area contributed by atoms with E-state index in [0.717, 1.165) is 11.3 Å². The zero-order valence-electron chi connectivity index (χ0n) is 14.7. The molecule has 0 bridgehead atoms. The van der Waals surface area contributed by atoms with E-state index in [9.17, 15) is 4.79 Å². The number of ether oxygens (including phenoxy) is 1. The highest BCUT2D eigenvalue weighted by molar-refractivity contribution is 6.02. The number of hydrogen-bond acceptors (Lipinski definition) is 3. The van der Waals surface area contributed by atoms with Crippen molar-refractivity contribution in [3.8, 4) is 5.75 Å². The van der Waals surface area contributed by atoms with Crippen molar-refractivity contribution in [3.63, 3.8) is 0 Å². The minimum Gasteiger partial charge on any atom is -0.497 e. The number of ketones is 1. The number of carbonyl (C=O) groups excluding carboxylic acids is 1. The molecule has 3 unspecified atom stereocenters. The summed E-state index contributed by atoms with van der Waals surface area (Å²) in [6, 6.07) is 18.7. The van der Waals surface area contributed by atoms with Crippen molar-refractivity contribution in [1.29, 1.82) is 0 Å². The fourth-order valence-corrected chi connectivity index (χ4v) is 4.29. The molecule has 0 N–H and O–H groups in total. The van der Waals surface area contributed by atoms with Gasteiger partial charge < -0.3 is 4.74 Å². The first-order chi connectivity index (χ1) is 12.3. The van der Waals surface area contributed by atoms with Gasteiger partial charge >= 0.3 is 0 Å². The van der Waals surface area contributed by atoms with E-state index in [0.29, 0.717) is 6.04 Å². The Labute approximate surface area is 149 Å². The normalized spacial score (nSPS) is 26.2. The molecule has 2 fully saturated rings. The van der Waals surface area contributed by atoms with Crippen LogP contribution in [-0.4, -0.2) is 29.9 Å². The monoisotopic (exact) mass is 335 g/mol. The van der Waals surface area contributed by atoms with E-state index >= 15 is 0 Å². The zero-order valence-corrected chi connectivity index (χ0v) is 14.7. The fraction of sp³-hybridized carbons (Fsp3) is 0.409. The minimum absolute atomic E-state index is 0.0149. The second-order valence-corrected chi connectivity index (χ2v) is 7.13. The number of rotatable bonds is 5. The van der Waals surface area contributed by atoms with Crippen molar-refractivity contribution in [1.82, 2.24) is 4.90 Å². The first kappa shape index (κ1) is 16.3. The van der Waals surface area contributed by atoms with Crippen molar-refractivity contribution in [2.75, 3.05) is 7.11 Å².